The molecule has 0 aromatic carbocycles. The SMILES string of the molecule is CNCCCC1[CH]CC[N]C1. The van der Waals surface area contributed by atoms with Crippen LogP contribution in [0.2, 0.25) is 0 Å². The van der Waals surface area contributed by atoms with Crippen LogP contribution in [0.3, 0.4) is 0 Å². The maximum Gasteiger partial charge on any atom is 0.0164 e. The Bertz CT molecular complexity index is 87.6. The summed E-state index contributed by atoms with van der Waals surface area (Å²) >= 11 is 0. The zero-order valence-corrected chi connectivity index (χ0v) is 7.34. The molecule has 64 valence electrons. The molecule has 0 aromatic rings. The summed E-state index contributed by atoms with van der Waals surface area (Å²) in [6.45, 7) is 3.27. The van der Waals surface area contributed by atoms with E-state index in [1.54, 1.807) is 0 Å². The molecule has 1 aliphatic rings. The minimum atomic E-state index is 0.775. The van der Waals surface area contributed by atoms with Crippen LogP contribution in [0.25, 0.3) is 0 Å². The summed E-state index contributed by atoms with van der Waals surface area (Å²) in [6.07, 6.45) is 6.23. The Hall–Kier alpha value is -0.0800. The second-order valence-corrected chi connectivity index (χ2v) is 3.16. The van der Waals surface area contributed by atoms with E-state index in [1.807, 2.05) is 7.05 Å². The lowest BCUT2D eigenvalue weighted by molar-refractivity contribution is 0.421. The molecular weight excluding hydrogens is 136 g/mol. The molecule has 2 radical (unpaired) electrons. The van der Waals surface area contributed by atoms with E-state index in [0.717, 1.165) is 25.6 Å². The Morgan fingerprint density at radius 2 is 2.55 bits per heavy atom. The van der Waals surface area contributed by atoms with Gasteiger partial charge in [0.15, 0.2) is 0 Å². The van der Waals surface area contributed by atoms with Crippen LogP contribution in [0, 0.1) is 12.3 Å². The van der Waals surface area contributed by atoms with Crippen molar-refractivity contribution in [3.63, 3.8) is 0 Å². The maximum absolute atomic E-state index is 4.39. The highest BCUT2D eigenvalue weighted by molar-refractivity contribution is 4.83. The number of nitrogens with one attached hydrogen (secondary N) is 1. The maximum atomic E-state index is 4.39. The average Bonchev–Trinajstić information content (AvgIpc) is 2.07. The first-order valence-corrected chi connectivity index (χ1v) is 4.54. The Kier molecular flexibility index (Phi) is 4.55. The van der Waals surface area contributed by atoms with Gasteiger partial charge in [0.2, 0.25) is 0 Å². The normalized spacial score (nSPS) is 25.4. The molecule has 2 nitrogen and oxygen atoms in total. The quantitative estimate of drug-likeness (QED) is 0.596. The van der Waals surface area contributed by atoms with Gasteiger partial charge in [0, 0.05) is 13.1 Å². The summed E-state index contributed by atoms with van der Waals surface area (Å²) in [7, 11) is 2.01. The minimum Gasteiger partial charge on any atom is -0.320 e. The van der Waals surface area contributed by atoms with Crippen molar-refractivity contribution in [1.82, 2.24) is 10.6 Å². The Labute approximate surface area is 69.8 Å². The van der Waals surface area contributed by atoms with Crippen molar-refractivity contribution >= 4 is 0 Å². The van der Waals surface area contributed by atoms with Crippen LogP contribution >= 0.6 is 0 Å². The number of piperidine rings is 1. The van der Waals surface area contributed by atoms with Crippen LogP contribution < -0.4 is 10.6 Å². The van der Waals surface area contributed by atoms with E-state index < -0.39 is 0 Å². The largest absolute Gasteiger partial charge is 0.320 e. The van der Waals surface area contributed by atoms with Gasteiger partial charge in [-0.2, -0.15) is 0 Å². The Morgan fingerprint density at radius 1 is 1.64 bits per heavy atom. The molecule has 0 bridgehead atoms. The van der Waals surface area contributed by atoms with Crippen molar-refractivity contribution in [3.8, 4) is 0 Å². The van der Waals surface area contributed by atoms with Gasteiger partial charge in [-0.3, -0.25) is 0 Å². The summed E-state index contributed by atoms with van der Waals surface area (Å²) in [5, 5.41) is 7.55. The first kappa shape index (κ1) is 9.01. The summed E-state index contributed by atoms with van der Waals surface area (Å²) < 4.78 is 0. The molecule has 0 aliphatic carbocycles. The number of nitrogens with zero attached hydrogens (tertiary/aromatic N) is 1. The highest BCUT2D eigenvalue weighted by atomic mass is 14.9. The fraction of sp³-hybridized carbons (Fsp3) is 0.889. The average molecular weight is 154 g/mol. The topological polar surface area (TPSA) is 26.1 Å². The third-order valence-corrected chi connectivity index (χ3v) is 2.15. The lowest BCUT2D eigenvalue weighted by Gasteiger charge is -2.20. The van der Waals surface area contributed by atoms with Gasteiger partial charge < -0.3 is 5.32 Å². The highest BCUT2D eigenvalue weighted by Gasteiger charge is 2.12. The number of hydrogen-bond donors (Lipinski definition) is 1. The van der Waals surface area contributed by atoms with Gasteiger partial charge in [0.25, 0.3) is 0 Å². The summed E-state index contributed by atoms with van der Waals surface area (Å²) in [6, 6.07) is 0. The van der Waals surface area contributed by atoms with Crippen molar-refractivity contribution in [3.05, 3.63) is 6.42 Å². The van der Waals surface area contributed by atoms with Crippen LogP contribution in [0.1, 0.15) is 19.3 Å². The molecule has 1 heterocycles. The van der Waals surface area contributed by atoms with Crippen LogP contribution in [0.5, 0.6) is 0 Å². The van der Waals surface area contributed by atoms with Crippen molar-refractivity contribution in [1.29, 1.82) is 0 Å². The van der Waals surface area contributed by atoms with Gasteiger partial charge in [0.1, 0.15) is 0 Å². The molecular formula is C9H18N2. The second kappa shape index (κ2) is 5.56. The van der Waals surface area contributed by atoms with Gasteiger partial charge in [-0.25, -0.2) is 5.32 Å². The summed E-state index contributed by atoms with van der Waals surface area (Å²) in [5.41, 5.74) is 0. The van der Waals surface area contributed by atoms with Crippen LogP contribution in [0.4, 0.5) is 0 Å². The first-order chi connectivity index (χ1) is 5.43. The van der Waals surface area contributed by atoms with E-state index in [4.69, 9.17) is 0 Å². The molecule has 1 atom stereocenters. The molecule has 1 fully saturated rings. The van der Waals surface area contributed by atoms with E-state index in [-0.39, 0.29) is 0 Å². The molecule has 1 rings (SSSR count). The molecule has 2 heteroatoms. The monoisotopic (exact) mass is 154 g/mol. The molecule has 1 N–H and O–H groups in total. The van der Waals surface area contributed by atoms with Gasteiger partial charge >= 0.3 is 0 Å². The standard InChI is InChI=1S/C9H18N2/c1-10-6-2-4-9-5-3-7-11-8-9/h5,9-10H,2-4,6-8H2,1H3. The Morgan fingerprint density at radius 3 is 3.18 bits per heavy atom. The van der Waals surface area contributed by atoms with Crippen molar-refractivity contribution in [2.75, 3.05) is 26.7 Å². The summed E-state index contributed by atoms with van der Waals surface area (Å²) in [4.78, 5) is 0. The molecule has 0 amide bonds. The molecule has 11 heavy (non-hydrogen) atoms. The lowest BCUT2D eigenvalue weighted by atomic mass is 9.95. The van der Waals surface area contributed by atoms with E-state index in [2.05, 4.69) is 17.1 Å². The molecule has 1 unspecified atom stereocenters. The number of hydrogen-bond acceptors (Lipinski definition) is 1. The zero-order chi connectivity index (χ0) is 7.94. The fourth-order valence-corrected chi connectivity index (χ4v) is 1.48. The van der Waals surface area contributed by atoms with E-state index in [9.17, 15) is 0 Å². The van der Waals surface area contributed by atoms with Crippen molar-refractivity contribution in [2.45, 2.75) is 19.3 Å². The molecule has 0 aromatic heterocycles. The molecule has 1 aliphatic heterocycles. The lowest BCUT2D eigenvalue weighted by Crippen LogP contribution is -2.25. The molecule has 0 spiro atoms. The minimum absolute atomic E-state index is 0.775. The third-order valence-electron chi connectivity index (χ3n) is 2.15. The van der Waals surface area contributed by atoms with E-state index in [1.165, 1.54) is 19.3 Å². The third kappa shape index (κ3) is 3.73. The van der Waals surface area contributed by atoms with Crippen molar-refractivity contribution < 1.29 is 0 Å². The second-order valence-electron chi connectivity index (χ2n) is 3.16. The van der Waals surface area contributed by atoms with Crippen molar-refractivity contribution in [2.24, 2.45) is 5.92 Å². The summed E-state index contributed by atoms with van der Waals surface area (Å²) in [5.74, 6) is 0.775. The fourth-order valence-electron chi connectivity index (χ4n) is 1.48. The molecule has 1 saturated heterocycles. The molecule has 0 saturated carbocycles. The smallest absolute Gasteiger partial charge is 0.0164 e. The Balaban J connectivity index is 1.96. The van der Waals surface area contributed by atoms with Gasteiger partial charge in [-0.05, 0) is 45.2 Å². The van der Waals surface area contributed by atoms with Crippen LogP contribution in [-0.4, -0.2) is 26.7 Å². The van der Waals surface area contributed by atoms with Crippen LogP contribution in [-0.2, 0) is 0 Å². The van der Waals surface area contributed by atoms with Gasteiger partial charge in [-0.1, -0.05) is 0 Å². The zero-order valence-electron chi connectivity index (χ0n) is 7.34. The predicted octanol–water partition coefficient (Wildman–Crippen LogP) is 0.815. The van der Waals surface area contributed by atoms with E-state index >= 15 is 0 Å². The predicted molar refractivity (Wildman–Crippen MR) is 47.4 cm³/mol. The van der Waals surface area contributed by atoms with Crippen LogP contribution in [0.15, 0.2) is 0 Å². The van der Waals surface area contributed by atoms with Gasteiger partial charge in [0.05, 0.1) is 0 Å². The number of rotatable bonds is 4. The van der Waals surface area contributed by atoms with Gasteiger partial charge in [-0.15, -0.1) is 0 Å². The first-order valence-electron chi connectivity index (χ1n) is 4.54. The van der Waals surface area contributed by atoms with E-state index in [0.29, 0.717) is 0 Å². The highest BCUT2D eigenvalue weighted by Crippen LogP contribution is 2.14.